The molecule has 1 aliphatic carbocycles. The molecule has 0 spiro atoms. The van der Waals surface area contributed by atoms with Crippen LogP contribution in [0.25, 0.3) is 0 Å². The predicted octanol–water partition coefficient (Wildman–Crippen LogP) is 7.33. The minimum atomic E-state index is -0.778. The number of carbonyl (C=O) groups is 4. The molecule has 194 valence electrons. The van der Waals surface area contributed by atoms with Crippen molar-refractivity contribution in [2.45, 2.75) is 71.1 Å². The number of Topliss-reactive ketones (excluding diaryl/α,β-unsaturated/α-hetero) is 3. The van der Waals surface area contributed by atoms with E-state index in [0.29, 0.717) is 6.42 Å². The first-order chi connectivity index (χ1) is 17.8. The number of hydrogen-bond acceptors (Lipinski definition) is 4. The molecule has 0 unspecified atom stereocenters. The number of carbonyl (C=O) groups excluding carboxylic acids is 4. The van der Waals surface area contributed by atoms with E-state index in [1.807, 2.05) is 0 Å². The van der Waals surface area contributed by atoms with Gasteiger partial charge in [0.05, 0.1) is 11.1 Å². The molecule has 0 fully saturated rings. The summed E-state index contributed by atoms with van der Waals surface area (Å²) in [5.74, 6) is -4.31. The summed E-state index contributed by atoms with van der Waals surface area (Å²) in [5, 5.41) is 0. The molecule has 3 rings (SSSR count). The van der Waals surface area contributed by atoms with Crippen LogP contribution < -0.4 is 0 Å². The maximum absolute atomic E-state index is 13.8. The van der Waals surface area contributed by atoms with Crippen LogP contribution in [0.5, 0.6) is 0 Å². The Morgan fingerprint density at radius 2 is 1.22 bits per heavy atom. The molecule has 2 aromatic carbocycles. The Balaban J connectivity index is 1.81. The largest absolute Gasteiger partial charge is 0.289 e. The molecule has 0 radical (unpaired) electrons. The van der Waals surface area contributed by atoms with Gasteiger partial charge in [-0.25, -0.2) is 8.78 Å². The lowest BCUT2D eigenvalue weighted by molar-refractivity contribution is -0.115. The van der Waals surface area contributed by atoms with Gasteiger partial charge in [0.25, 0.3) is 0 Å². The number of unbranched alkanes of at least 4 members (excludes halogenated alkanes) is 8. The van der Waals surface area contributed by atoms with Crippen molar-refractivity contribution in [2.24, 2.45) is 0 Å². The highest BCUT2D eigenvalue weighted by molar-refractivity contribution is 6.43. The van der Waals surface area contributed by atoms with Crippen LogP contribution >= 0.6 is 0 Å². The molecule has 0 heterocycles. The van der Waals surface area contributed by atoms with Crippen LogP contribution in [0, 0.1) is 11.6 Å². The quantitative estimate of drug-likeness (QED) is 0.116. The van der Waals surface area contributed by atoms with Gasteiger partial charge in [-0.05, 0) is 37.1 Å². The SMILES string of the molecule is CCCCCCCCCCCC1=C(C(=O)c2cccc(F)c2)C(=O)C=C(C(=O)c2cccc(F)c2)C1=O. The van der Waals surface area contributed by atoms with E-state index in [1.54, 1.807) is 0 Å². The Labute approximate surface area is 216 Å². The Morgan fingerprint density at radius 3 is 1.76 bits per heavy atom. The van der Waals surface area contributed by atoms with Crippen LogP contribution in [-0.4, -0.2) is 23.1 Å². The first-order valence-electron chi connectivity index (χ1n) is 13.0. The Morgan fingerprint density at radius 1 is 0.703 bits per heavy atom. The molecule has 0 saturated carbocycles. The van der Waals surface area contributed by atoms with E-state index in [-0.39, 0.29) is 28.7 Å². The Bertz CT molecular complexity index is 1240. The highest BCUT2D eigenvalue weighted by atomic mass is 19.1. The topological polar surface area (TPSA) is 68.3 Å². The summed E-state index contributed by atoms with van der Waals surface area (Å²) in [5.41, 5.74) is -0.864. The van der Waals surface area contributed by atoms with Gasteiger partial charge in [-0.1, -0.05) is 82.6 Å². The van der Waals surface area contributed by atoms with E-state index in [1.165, 1.54) is 62.1 Å². The first-order valence-corrected chi connectivity index (χ1v) is 13.0. The minimum absolute atomic E-state index is 0.0375. The van der Waals surface area contributed by atoms with E-state index in [2.05, 4.69) is 6.92 Å². The molecule has 1 aliphatic rings. The fraction of sp³-hybridized carbons (Fsp3) is 0.355. The zero-order valence-electron chi connectivity index (χ0n) is 21.2. The molecule has 0 atom stereocenters. The molecule has 37 heavy (non-hydrogen) atoms. The average molecular weight is 507 g/mol. The van der Waals surface area contributed by atoms with Crippen LogP contribution in [0.3, 0.4) is 0 Å². The van der Waals surface area contributed by atoms with Gasteiger partial charge < -0.3 is 0 Å². The highest BCUT2D eigenvalue weighted by Gasteiger charge is 2.35. The zero-order valence-corrected chi connectivity index (χ0v) is 21.2. The summed E-state index contributed by atoms with van der Waals surface area (Å²) >= 11 is 0. The summed E-state index contributed by atoms with van der Waals surface area (Å²) in [7, 11) is 0. The van der Waals surface area contributed by atoms with Gasteiger partial charge in [0.1, 0.15) is 11.6 Å². The zero-order chi connectivity index (χ0) is 26.8. The van der Waals surface area contributed by atoms with Gasteiger partial charge >= 0.3 is 0 Å². The van der Waals surface area contributed by atoms with Crippen molar-refractivity contribution in [3.05, 3.63) is 94.1 Å². The lowest BCUT2D eigenvalue weighted by Crippen LogP contribution is -2.28. The van der Waals surface area contributed by atoms with Crippen molar-refractivity contribution in [1.29, 1.82) is 0 Å². The first kappa shape index (κ1) is 28.0. The highest BCUT2D eigenvalue weighted by Crippen LogP contribution is 2.29. The molecule has 0 N–H and O–H groups in total. The van der Waals surface area contributed by atoms with E-state index in [0.717, 1.165) is 43.9 Å². The van der Waals surface area contributed by atoms with Crippen LogP contribution in [0.4, 0.5) is 8.78 Å². The Kier molecular flexibility index (Phi) is 10.4. The van der Waals surface area contributed by atoms with Gasteiger partial charge in [-0.15, -0.1) is 0 Å². The lowest BCUT2D eigenvalue weighted by Gasteiger charge is -2.18. The smallest absolute Gasteiger partial charge is 0.197 e. The molecular formula is C31H32F2O4. The van der Waals surface area contributed by atoms with Crippen LogP contribution in [0.15, 0.2) is 71.3 Å². The summed E-state index contributed by atoms with van der Waals surface area (Å²) in [6, 6.07) is 9.80. The van der Waals surface area contributed by atoms with Crippen LogP contribution in [-0.2, 0) is 9.59 Å². The van der Waals surface area contributed by atoms with E-state index in [4.69, 9.17) is 0 Å². The second kappa shape index (κ2) is 13.7. The van der Waals surface area contributed by atoms with E-state index < -0.39 is 40.3 Å². The van der Waals surface area contributed by atoms with Crippen molar-refractivity contribution < 1.29 is 28.0 Å². The predicted molar refractivity (Wildman–Crippen MR) is 138 cm³/mol. The minimum Gasteiger partial charge on any atom is -0.289 e. The third-order valence-electron chi connectivity index (χ3n) is 6.52. The molecule has 2 aromatic rings. The summed E-state index contributed by atoms with van der Waals surface area (Å²) in [6.45, 7) is 2.17. The van der Waals surface area contributed by atoms with Crippen LogP contribution in [0.2, 0.25) is 0 Å². The van der Waals surface area contributed by atoms with Crippen LogP contribution in [0.1, 0.15) is 91.8 Å². The number of hydrogen-bond donors (Lipinski definition) is 0. The number of benzene rings is 2. The number of halogens is 2. The van der Waals surface area contributed by atoms with Crippen molar-refractivity contribution in [3.8, 4) is 0 Å². The molecule has 0 aromatic heterocycles. The van der Waals surface area contributed by atoms with Gasteiger partial charge in [-0.3, -0.25) is 19.2 Å². The maximum atomic E-state index is 13.8. The summed E-state index contributed by atoms with van der Waals surface area (Å²) < 4.78 is 27.4. The number of rotatable bonds is 14. The molecular weight excluding hydrogens is 474 g/mol. The Hall–Kier alpha value is -3.54. The van der Waals surface area contributed by atoms with E-state index >= 15 is 0 Å². The fourth-order valence-electron chi connectivity index (χ4n) is 4.52. The average Bonchev–Trinajstić information content (AvgIpc) is 2.88. The number of ketones is 4. The van der Waals surface area contributed by atoms with Gasteiger partial charge in [0.2, 0.25) is 0 Å². The third kappa shape index (κ3) is 7.48. The standard InChI is InChI=1S/C31H32F2O4/c1-2-3-4-5-6-7-8-9-10-17-25-28(30(36)22-14-12-16-24(33)19-22)27(34)20-26(31(25)37)29(35)21-13-11-15-23(32)18-21/h11-16,18-20H,2-10,17H2,1H3. The second-order valence-electron chi connectivity index (χ2n) is 9.36. The van der Waals surface area contributed by atoms with Gasteiger partial charge in [-0.2, -0.15) is 0 Å². The normalized spacial score (nSPS) is 13.6. The van der Waals surface area contributed by atoms with Crippen molar-refractivity contribution >= 4 is 23.1 Å². The monoisotopic (exact) mass is 506 g/mol. The van der Waals surface area contributed by atoms with Gasteiger partial charge in [0.15, 0.2) is 23.1 Å². The summed E-state index contributed by atoms with van der Waals surface area (Å²) in [6.07, 6.45) is 10.3. The molecule has 0 saturated heterocycles. The fourth-order valence-corrected chi connectivity index (χ4v) is 4.52. The number of allylic oxidation sites excluding steroid dienone is 4. The van der Waals surface area contributed by atoms with Crippen molar-refractivity contribution in [1.82, 2.24) is 0 Å². The molecule has 0 aliphatic heterocycles. The van der Waals surface area contributed by atoms with Crippen molar-refractivity contribution in [2.75, 3.05) is 0 Å². The van der Waals surface area contributed by atoms with Gasteiger partial charge in [0, 0.05) is 22.8 Å². The third-order valence-corrected chi connectivity index (χ3v) is 6.52. The van der Waals surface area contributed by atoms with Crippen molar-refractivity contribution in [3.63, 3.8) is 0 Å². The molecule has 6 heteroatoms. The maximum Gasteiger partial charge on any atom is 0.197 e. The summed E-state index contributed by atoms with van der Waals surface area (Å²) in [4.78, 5) is 52.7. The molecule has 4 nitrogen and oxygen atoms in total. The molecule has 0 amide bonds. The second-order valence-corrected chi connectivity index (χ2v) is 9.36. The van der Waals surface area contributed by atoms with E-state index in [9.17, 15) is 28.0 Å². The molecule has 0 bridgehead atoms. The lowest BCUT2D eigenvalue weighted by atomic mass is 9.81.